The van der Waals surface area contributed by atoms with Crippen LogP contribution in [0.1, 0.15) is 52.0 Å². The number of sulfonamides is 1. The van der Waals surface area contributed by atoms with E-state index >= 15 is 0 Å². The maximum Gasteiger partial charge on any atom is 0.265 e. The highest BCUT2D eigenvalue weighted by molar-refractivity contribution is 7.89. The molecular formula is C24H32N2O4S. The van der Waals surface area contributed by atoms with Crippen LogP contribution in [0, 0.1) is 5.92 Å². The standard InChI is InChI=1S/C24H32N2O4S/c1-17(2)20-5-9-22(10-6-20)30-19(4)24(27)25-21-7-11-23(12-8-21)31(28,29)26-15-13-18(3)14-16-26/h5-12,17-19H,13-16H2,1-4H3,(H,25,27). The molecule has 1 aliphatic heterocycles. The first-order valence-electron chi connectivity index (χ1n) is 10.8. The van der Waals surface area contributed by atoms with Gasteiger partial charge in [-0.25, -0.2) is 8.42 Å². The maximum atomic E-state index is 12.8. The van der Waals surface area contributed by atoms with Gasteiger partial charge in [0.2, 0.25) is 10.0 Å². The zero-order valence-corrected chi connectivity index (χ0v) is 19.5. The van der Waals surface area contributed by atoms with Crippen molar-refractivity contribution in [2.45, 2.75) is 57.5 Å². The van der Waals surface area contributed by atoms with Gasteiger partial charge in [0.25, 0.3) is 5.91 Å². The monoisotopic (exact) mass is 444 g/mol. The number of nitrogens with one attached hydrogen (secondary N) is 1. The van der Waals surface area contributed by atoms with Crippen molar-refractivity contribution < 1.29 is 17.9 Å². The Bertz CT molecular complexity index is 977. The number of carbonyl (C=O) groups is 1. The van der Waals surface area contributed by atoms with Crippen LogP contribution in [0.4, 0.5) is 5.69 Å². The minimum Gasteiger partial charge on any atom is -0.481 e. The third kappa shape index (κ3) is 5.86. The fraction of sp³-hybridized carbons (Fsp3) is 0.458. The zero-order valence-electron chi connectivity index (χ0n) is 18.7. The molecule has 3 rings (SSSR count). The van der Waals surface area contributed by atoms with Gasteiger partial charge in [-0.15, -0.1) is 0 Å². The topological polar surface area (TPSA) is 75.7 Å². The van der Waals surface area contributed by atoms with Gasteiger partial charge in [-0.2, -0.15) is 4.31 Å². The van der Waals surface area contributed by atoms with Gasteiger partial charge in [-0.05, 0) is 73.6 Å². The Balaban J connectivity index is 1.59. The van der Waals surface area contributed by atoms with Crippen LogP contribution in [-0.4, -0.2) is 37.8 Å². The maximum absolute atomic E-state index is 12.8. The Hall–Kier alpha value is -2.38. The van der Waals surface area contributed by atoms with Gasteiger partial charge in [0, 0.05) is 18.8 Å². The summed E-state index contributed by atoms with van der Waals surface area (Å²) >= 11 is 0. The van der Waals surface area contributed by atoms with Crippen LogP contribution in [0.5, 0.6) is 5.75 Å². The van der Waals surface area contributed by atoms with Crippen molar-refractivity contribution in [3.05, 3.63) is 54.1 Å². The van der Waals surface area contributed by atoms with Crippen molar-refractivity contribution in [1.82, 2.24) is 4.31 Å². The summed E-state index contributed by atoms with van der Waals surface area (Å²) in [6.45, 7) is 9.17. The second-order valence-corrected chi connectivity index (χ2v) is 10.5. The van der Waals surface area contributed by atoms with Crippen molar-refractivity contribution in [1.29, 1.82) is 0 Å². The number of nitrogens with zero attached hydrogens (tertiary/aromatic N) is 1. The molecule has 1 N–H and O–H groups in total. The Morgan fingerprint density at radius 1 is 1.00 bits per heavy atom. The highest BCUT2D eigenvalue weighted by atomic mass is 32.2. The number of hydrogen-bond donors (Lipinski definition) is 1. The van der Waals surface area contributed by atoms with Crippen LogP contribution < -0.4 is 10.1 Å². The van der Waals surface area contributed by atoms with Crippen molar-refractivity contribution in [2.75, 3.05) is 18.4 Å². The molecule has 7 heteroatoms. The second kappa shape index (κ2) is 9.83. The van der Waals surface area contributed by atoms with E-state index in [0.717, 1.165) is 12.8 Å². The molecule has 0 aliphatic carbocycles. The van der Waals surface area contributed by atoms with Gasteiger partial charge in [0.15, 0.2) is 6.10 Å². The van der Waals surface area contributed by atoms with E-state index in [-0.39, 0.29) is 10.8 Å². The van der Waals surface area contributed by atoms with E-state index in [2.05, 4.69) is 26.1 Å². The molecule has 1 aliphatic rings. The molecular weight excluding hydrogens is 412 g/mol. The highest BCUT2D eigenvalue weighted by Gasteiger charge is 2.28. The summed E-state index contributed by atoms with van der Waals surface area (Å²) in [5, 5.41) is 2.78. The minimum atomic E-state index is -3.50. The van der Waals surface area contributed by atoms with E-state index in [1.54, 1.807) is 35.5 Å². The lowest BCUT2D eigenvalue weighted by Gasteiger charge is -2.29. The number of anilines is 1. The molecule has 1 unspecified atom stereocenters. The van der Waals surface area contributed by atoms with Crippen molar-refractivity contribution in [2.24, 2.45) is 5.92 Å². The quantitative estimate of drug-likeness (QED) is 0.675. The molecule has 0 aromatic heterocycles. The lowest BCUT2D eigenvalue weighted by atomic mass is 10.0. The molecule has 168 valence electrons. The number of piperidine rings is 1. The first kappa shape index (κ1) is 23.3. The highest BCUT2D eigenvalue weighted by Crippen LogP contribution is 2.25. The van der Waals surface area contributed by atoms with Gasteiger partial charge in [0.05, 0.1) is 4.90 Å². The molecule has 0 spiro atoms. The first-order chi connectivity index (χ1) is 14.7. The lowest BCUT2D eigenvalue weighted by Crippen LogP contribution is -2.37. The third-order valence-corrected chi connectivity index (χ3v) is 7.64. The molecule has 6 nitrogen and oxygen atoms in total. The van der Waals surface area contributed by atoms with Crippen LogP contribution in [-0.2, 0) is 14.8 Å². The zero-order chi connectivity index (χ0) is 22.6. The smallest absolute Gasteiger partial charge is 0.265 e. The molecule has 1 atom stereocenters. The van der Waals surface area contributed by atoms with Crippen LogP contribution in [0.25, 0.3) is 0 Å². The number of rotatable bonds is 7. The van der Waals surface area contributed by atoms with Gasteiger partial charge in [-0.1, -0.05) is 32.9 Å². The number of hydrogen-bond acceptors (Lipinski definition) is 4. The fourth-order valence-electron chi connectivity index (χ4n) is 3.52. The number of ether oxygens (including phenoxy) is 1. The second-order valence-electron chi connectivity index (χ2n) is 8.58. The van der Waals surface area contributed by atoms with Gasteiger partial charge in [0.1, 0.15) is 5.75 Å². The summed E-state index contributed by atoms with van der Waals surface area (Å²) in [6, 6.07) is 14.0. The SMILES string of the molecule is CC1CCN(S(=O)(=O)c2ccc(NC(=O)C(C)Oc3ccc(C(C)C)cc3)cc2)CC1. The summed E-state index contributed by atoms with van der Waals surface area (Å²) in [4.78, 5) is 12.7. The Morgan fingerprint density at radius 2 is 1.58 bits per heavy atom. The number of carbonyl (C=O) groups excluding carboxylic acids is 1. The predicted octanol–water partition coefficient (Wildman–Crippen LogP) is 4.64. The molecule has 2 aromatic carbocycles. The van der Waals surface area contributed by atoms with Crippen molar-refractivity contribution in [3.63, 3.8) is 0 Å². The molecule has 1 fully saturated rings. The van der Waals surface area contributed by atoms with E-state index in [9.17, 15) is 13.2 Å². The molecule has 1 heterocycles. The van der Waals surface area contributed by atoms with E-state index in [1.807, 2.05) is 24.3 Å². The normalized spacial score (nSPS) is 16.8. The average Bonchev–Trinajstić information content (AvgIpc) is 2.74. The molecule has 0 saturated carbocycles. The number of benzene rings is 2. The predicted molar refractivity (Wildman–Crippen MR) is 123 cm³/mol. The van der Waals surface area contributed by atoms with E-state index in [1.165, 1.54) is 5.56 Å². The van der Waals surface area contributed by atoms with Crippen LogP contribution in [0.15, 0.2) is 53.4 Å². The third-order valence-electron chi connectivity index (χ3n) is 5.73. The molecule has 1 amide bonds. The first-order valence-corrected chi connectivity index (χ1v) is 12.3. The van der Waals surface area contributed by atoms with Gasteiger partial charge >= 0.3 is 0 Å². The summed E-state index contributed by atoms with van der Waals surface area (Å²) in [6.07, 6.45) is 1.07. The molecule has 31 heavy (non-hydrogen) atoms. The summed E-state index contributed by atoms with van der Waals surface area (Å²) < 4.78 is 32.9. The van der Waals surface area contributed by atoms with Crippen molar-refractivity contribution in [3.8, 4) is 5.75 Å². The minimum absolute atomic E-state index is 0.245. The van der Waals surface area contributed by atoms with Gasteiger partial charge < -0.3 is 10.1 Å². The van der Waals surface area contributed by atoms with Crippen molar-refractivity contribution >= 4 is 21.6 Å². The number of amides is 1. The lowest BCUT2D eigenvalue weighted by molar-refractivity contribution is -0.122. The Labute approximate surface area is 185 Å². The summed E-state index contributed by atoms with van der Waals surface area (Å²) in [7, 11) is -3.50. The molecule has 0 radical (unpaired) electrons. The average molecular weight is 445 g/mol. The van der Waals surface area contributed by atoms with Crippen LogP contribution >= 0.6 is 0 Å². The van der Waals surface area contributed by atoms with E-state index in [0.29, 0.717) is 36.4 Å². The summed E-state index contributed by atoms with van der Waals surface area (Å²) in [5.41, 5.74) is 1.74. The Kier molecular flexibility index (Phi) is 7.38. The molecule has 2 aromatic rings. The largest absolute Gasteiger partial charge is 0.481 e. The van der Waals surface area contributed by atoms with E-state index < -0.39 is 16.1 Å². The fourth-order valence-corrected chi connectivity index (χ4v) is 4.99. The van der Waals surface area contributed by atoms with Gasteiger partial charge in [-0.3, -0.25) is 4.79 Å². The van der Waals surface area contributed by atoms with E-state index in [4.69, 9.17) is 4.74 Å². The molecule has 1 saturated heterocycles. The molecule has 0 bridgehead atoms. The van der Waals surface area contributed by atoms with Crippen LogP contribution in [0.3, 0.4) is 0 Å². The van der Waals surface area contributed by atoms with Crippen LogP contribution in [0.2, 0.25) is 0 Å². The summed E-state index contributed by atoms with van der Waals surface area (Å²) in [5.74, 6) is 1.32. The Morgan fingerprint density at radius 3 is 2.13 bits per heavy atom.